The van der Waals surface area contributed by atoms with E-state index in [9.17, 15) is 28.1 Å². The Morgan fingerprint density at radius 1 is 1.08 bits per heavy atom. The molecule has 1 amide bonds. The molecule has 2 aromatic carbocycles. The second kappa shape index (κ2) is 8.94. The fraction of sp³-hybridized carbons (Fsp3) is 0.273. The number of nitro groups is 1. The number of rotatable bonds is 4. The molecule has 1 aliphatic heterocycles. The highest BCUT2D eigenvalue weighted by molar-refractivity contribution is 5.95. The van der Waals surface area contributed by atoms with E-state index in [1.54, 1.807) is 23.1 Å². The molecule has 5 rings (SSSR count). The quantitative estimate of drug-likeness (QED) is 0.329. The van der Waals surface area contributed by atoms with E-state index < -0.39 is 17.0 Å². The van der Waals surface area contributed by atoms with Crippen LogP contribution in [0.15, 0.2) is 47.0 Å². The number of fused-ring (bicyclic) bond motifs is 1. The minimum Gasteiger partial charge on any atom is -0.341 e. The molecule has 0 unspecified atom stereocenters. The lowest BCUT2D eigenvalue weighted by atomic mass is 10.1. The van der Waals surface area contributed by atoms with Crippen LogP contribution in [0, 0.1) is 10.1 Å². The summed E-state index contributed by atoms with van der Waals surface area (Å²) < 4.78 is 42.6. The predicted octanol–water partition coefficient (Wildman–Crippen LogP) is 3.89. The van der Waals surface area contributed by atoms with Gasteiger partial charge in [-0.1, -0.05) is 17.3 Å². The minimum absolute atomic E-state index is 0.0389. The molecule has 1 aliphatic rings. The second-order valence-electron chi connectivity index (χ2n) is 8.15. The van der Waals surface area contributed by atoms with Gasteiger partial charge in [0.05, 0.1) is 16.0 Å². The van der Waals surface area contributed by atoms with Crippen LogP contribution in [-0.4, -0.2) is 62.0 Å². The number of nitro benzene ring substituents is 1. The fourth-order valence-corrected chi connectivity index (χ4v) is 4.01. The zero-order valence-corrected chi connectivity index (χ0v) is 18.5. The lowest BCUT2D eigenvalue weighted by Gasteiger charge is -2.22. The Morgan fingerprint density at radius 2 is 1.92 bits per heavy atom. The predicted molar refractivity (Wildman–Crippen MR) is 120 cm³/mol. The molecule has 36 heavy (non-hydrogen) atoms. The van der Waals surface area contributed by atoms with Crippen LogP contribution in [0.3, 0.4) is 0 Å². The molecule has 0 bridgehead atoms. The molecule has 1 N–H and O–H groups in total. The van der Waals surface area contributed by atoms with Gasteiger partial charge >= 0.3 is 12.1 Å². The van der Waals surface area contributed by atoms with E-state index >= 15 is 0 Å². The SMILES string of the molecule is O=C(c1cccc(-c2noc(C(F)(F)F)n2)c1)N1CCCN(c2nc3ccc([N+](=O)[O-])cc3[nH]2)CC1. The Kier molecular flexibility index (Phi) is 5.78. The van der Waals surface area contributed by atoms with Gasteiger partial charge in [-0.05, 0) is 24.6 Å². The molecule has 1 saturated heterocycles. The summed E-state index contributed by atoms with van der Waals surface area (Å²) in [5.41, 5.74) is 1.62. The number of nitrogens with zero attached hydrogens (tertiary/aromatic N) is 6. The van der Waals surface area contributed by atoms with Gasteiger partial charge < -0.3 is 19.3 Å². The number of anilines is 1. The van der Waals surface area contributed by atoms with Crippen molar-refractivity contribution >= 4 is 28.6 Å². The van der Waals surface area contributed by atoms with Gasteiger partial charge in [-0.2, -0.15) is 18.2 Å². The average Bonchev–Trinajstić information content (AvgIpc) is 3.45. The van der Waals surface area contributed by atoms with Crippen molar-refractivity contribution in [3.05, 3.63) is 64.0 Å². The molecular formula is C22H18F3N7O4. The highest BCUT2D eigenvalue weighted by Gasteiger charge is 2.38. The molecule has 4 aromatic rings. The number of H-pyrrole nitrogens is 1. The molecule has 3 heterocycles. The number of aromatic nitrogens is 4. The molecular weight excluding hydrogens is 483 g/mol. The number of hydrogen-bond donors (Lipinski definition) is 1. The number of carbonyl (C=O) groups is 1. The molecule has 0 spiro atoms. The van der Waals surface area contributed by atoms with Gasteiger partial charge in [-0.3, -0.25) is 14.9 Å². The van der Waals surface area contributed by atoms with E-state index in [1.807, 2.05) is 4.90 Å². The molecule has 0 atom stereocenters. The first-order valence-electron chi connectivity index (χ1n) is 10.9. The molecule has 0 radical (unpaired) electrons. The van der Waals surface area contributed by atoms with Crippen LogP contribution >= 0.6 is 0 Å². The van der Waals surface area contributed by atoms with E-state index in [1.165, 1.54) is 24.3 Å². The first-order chi connectivity index (χ1) is 17.2. The number of alkyl halides is 3. The Labute approximate surface area is 200 Å². The molecule has 186 valence electrons. The van der Waals surface area contributed by atoms with E-state index in [4.69, 9.17) is 0 Å². The second-order valence-corrected chi connectivity index (χ2v) is 8.15. The number of halogens is 3. The Bertz CT molecular complexity index is 1450. The van der Waals surface area contributed by atoms with Crippen molar-refractivity contribution in [2.75, 3.05) is 31.1 Å². The van der Waals surface area contributed by atoms with Gasteiger partial charge in [0.15, 0.2) is 0 Å². The summed E-state index contributed by atoms with van der Waals surface area (Å²) in [7, 11) is 0. The van der Waals surface area contributed by atoms with Gasteiger partial charge in [0.1, 0.15) is 0 Å². The number of carbonyl (C=O) groups excluding carboxylic acids is 1. The number of non-ortho nitro benzene ring substituents is 1. The van der Waals surface area contributed by atoms with Crippen molar-refractivity contribution in [2.24, 2.45) is 0 Å². The summed E-state index contributed by atoms with van der Waals surface area (Å²) in [4.78, 5) is 38.3. The highest BCUT2D eigenvalue weighted by Crippen LogP contribution is 2.30. The lowest BCUT2D eigenvalue weighted by Crippen LogP contribution is -2.35. The third-order valence-electron chi connectivity index (χ3n) is 5.78. The van der Waals surface area contributed by atoms with Crippen LogP contribution < -0.4 is 4.90 Å². The zero-order chi connectivity index (χ0) is 25.4. The van der Waals surface area contributed by atoms with Gasteiger partial charge in [0.25, 0.3) is 11.6 Å². The maximum Gasteiger partial charge on any atom is 0.471 e. The van der Waals surface area contributed by atoms with Crippen LogP contribution in [0.25, 0.3) is 22.4 Å². The highest BCUT2D eigenvalue weighted by atomic mass is 19.4. The van der Waals surface area contributed by atoms with Crippen molar-refractivity contribution < 1.29 is 27.4 Å². The molecule has 0 aliphatic carbocycles. The van der Waals surface area contributed by atoms with E-state index in [0.717, 1.165) is 0 Å². The summed E-state index contributed by atoms with van der Waals surface area (Å²) in [5, 5.41) is 14.4. The Balaban J connectivity index is 1.30. The third kappa shape index (κ3) is 4.56. The average molecular weight is 501 g/mol. The summed E-state index contributed by atoms with van der Waals surface area (Å²) in [6, 6.07) is 10.4. The number of benzene rings is 2. The zero-order valence-electron chi connectivity index (χ0n) is 18.5. The molecule has 0 saturated carbocycles. The number of imidazole rings is 1. The lowest BCUT2D eigenvalue weighted by molar-refractivity contribution is -0.384. The summed E-state index contributed by atoms with van der Waals surface area (Å²) >= 11 is 0. The van der Waals surface area contributed by atoms with Crippen LogP contribution in [0.1, 0.15) is 22.7 Å². The van der Waals surface area contributed by atoms with Crippen molar-refractivity contribution in [2.45, 2.75) is 12.6 Å². The van der Waals surface area contributed by atoms with Crippen molar-refractivity contribution in [3.8, 4) is 11.4 Å². The largest absolute Gasteiger partial charge is 0.471 e. The van der Waals surface area contributed by atoms with E-state index in [2.05, 4.69) is 24.6 Å². The minimum atomic E-state index is -4.76. The maximum absolute atomic E-state index is 13.2. The van der Waals surface area contributed by atoms with Crippen molar-refractivity contribution in [3.63, 3.8) is 0 Å². The first-order valence-corrected chi connectivity index (χ1v) is 10.9. The fourth-order valence-electron chi connectivity index (χ4n) is 4.01. The normalized spacial score (nSPS) is 14.8. The summed E-state index contributed by atoms with van der Waals surface area (Å²) in [6.07, 6.45) is -4.12. The molecule has 1 fully saturated rings. The number of hydrogen-bond acceptors (Lipinski definition) is 8. The van der Waals surface area contributed by atoms with E-state index in [-0.39, 0.29) is 28.5 Å². The molecule has 2 aromatic heterocycles. The van der Waals surface area contributed by atoms with E-state index in [0.29, 0.717) is 49.6 Å². The van der Waals surface area contributed by atoms with Gasteiger partial charge in [0, 0.05) is 49.4 Å². The van der Waals surface area contributed by atoms with Crippen molar-refractivity contribution in [1.82, 2.24) is 25.0 Å². The number of aromatic amines is 1. The smallest absolute Gasteiger partial charge is 0.341 e. The Hall–Kier alpha value is -4.49. The van der Waals surface area contributed by atoms with Crippen LogP contribution in [-0.2, 0) is 6.18 Å². The Morgan fingerprint density at radius 3 is 2.67 bits per heavy atom. The maximum atomic E-state index is 13.2. The molecule has 14 heteroatoms. The van der Waals surface area contributed by atoms with Crippen molar-refractivity contribution in [1.29, 1.82) is 0 Å². The number of nitrogens with one attached hydrogen (secondary N) is 1. The van der Waals surface area contributed by atoms with Crippen LogP contribution in [0.4, 0.5) is 24.8 Å². The van der Waals surface area contributed by atoms with Gasteiger partial charge in [-0.25, -0.2) is 4.98 Å². The molecule has 11 nitrogen and oxygen atoms in total. The monoisotopic (exact) mass is 501 g/mol. The van der Waals surface area contributed by atoms with Crippen LogP contribution in [0.2, 0.25) is 0 Å². The summed E-state index contributed by atoms with van der Waals surface area (Å²) in [5.74, 6) is -1.44. The van der Waals surface area contributed by atoms with Crippen LogP contribution in [0.5, 0.6) is 0 Å². The topological polar surface area (TPSA) is 134 Å². The number of amides is 1. The third-order valence-corrected chi connectivity index (χ3v) is 5.78. The van der Waals surface area contributed by atoms with Gasteiger partial charge in [0.2, 0.25) is 11.8 Å². The summed E-state index contributed by atoms with van der Waals surface area (Å²) in [6.45, 7) is 1.91. The van der Waals surface area contributed by atoms with Gasteiger partial charge in [-0.15, -0.1) is 0 Å². The standard InChI is InChI=1S/C22H18F3N7O4/c23-22(24,25)20-28-18(29-36-20)13-3-1-4-14(11-13)19(33)30-7-2-8-31(10-9-30)21-26-16-6-5-15(32(34)35)12-17(16)27-21/h1,3-6,11-12H,2,7-10H2,(H,26,27). The first kappa shape index (κ1) is 23.3.